The van der Waals surface area contributed by atoms with E-state index in [9.17, 15) is 18.8 Å². The number of hydrogen-bond acceptors (Lipinski definition) is 4. The van der Waals surface area contributed by atoms with E-state index >= 15 is 0 Å². The summed E-state index contributed by atoms with van der Waals surface area (Å²) < 4.78 is 19.6. The Morgan fingerprint density at radius 2 is 1.86 bits per heavy atom. The topological polar surface area (TPSA) is 75.7 Å². The van der Waals surface area contributed by atoms with Gasteiger partial charge in [0.1, 0.15) is 17.1 Å². The number of urea groups is 1. The molecule has 1 aliphatic heterocycles. The van der Waals surface area contributed by atoms with Crippen molar-refractivity contribution < 1.29 is 23.5 Å². The molecule has 1 saturated heterocycles. The number of halogens is 2. The number of amides is 4. The minimum Gasteiger partial charge on any atom is -0.490 e. The minimum atomic E-state index is -0.887. The van der Waals surface area contributed by atoms with Crippen LogP contribution in [0.15, 0.2) is 52.5 Å². The van der Waals surface area contributed by atoms with Crippen molar-refractivity contribution >= 4 is 45.5 Å². The Morgan fingerprint density at radius 3 is 2.48 bits per heavy atom. The minimum absolute atomic E-state index is 0.0384. The fourth-order valence-electron chi connectivity index (χ4n) is 2.65. The standard InChI is InChI=1S/C21H18BrFN2O4/c1-3-12(2)29-18-9-4-13(11-17(18)22)10-16-19(26)24-21(28)25(20(16)27)15-7-5-14(23)6-8-15/h4-12H,3H2,1-2H3,(H,24,26,28)/b16-10+/t12-/m1/s1. The molecule has 3 rings (SSSR count). The number of benzene rings is 2. The largest absolute Gasteiger partial charge is 0.490 e. The molecule has 0 spiro atoms. The normalized spacial score (nSPS) is 16.8. The lowest BCUT2D eigenvalue weighted by Crippen LogP contribution is -2.54. The summed E-state index contributed by atoms with van der Waals surface area (Å²) >= 11 is 3.43. The summed E-state index contributed by atoms with van der Waals surface area (Å²) in [7, 11) is 0. The van der Waals surface area contributed by atoms with Crippen molar-refractivity contribution in [3.05, 3.63) is 63.9 Å². The zero-order chi connectivity index (χ0) is 21.1. The quantitative estimate of drug-likeness (QED) is 0.528. The Hall–Kier alpha value is -3.00. The predicted molar refractivity (Wildman–Crippen MR) is 110 cm³/mol. The summed E-state index contributed by atoms with van der Waals surface area (Å²) in [5.41, 5.74) is 0.516. The van der Waals surface area contributed by atoms with Gasteiger partial charge < -0.3 is 4.74 Å². The van der Waals surface area contributed by atoms with Crippen molar-refractivity contribution in [2.45, 2.75) is 26.4 Å². The Labute approximate surface area is 175 Å². The first kappa shape index (κ1) is 20.7. The van der Waals surface area contributed by atoms with Gasteiger partial charge in [0.15, 0.2) is 0 Å². The van der Waals surface area contributed by atoms with Crippen molar-refractivity contribution in [1.82, 2.24) is 5.32 Å². The first-order valence-electron chi connectivity index (χ1n) is 8.93. The molecule has 150 valence electrons. The van der Waals surface area contributed by atoms with Crippen molar-refractivity contribution in [3.8, 4) is 5.75 Å². The number of carbonyl (C=O) groups is 3. The number of rotatable bonds is 5. The summed E-state index contributed by atoms with van der Waals surface area (Å²) in [6.07, 6.45) is 2.27. The third kappa shape index (κ3) is 4.54. The van der Waals surface area contributed by atoms with Crippen LogP contribution in [0.4, 0.5) is 14.9 Å². The maximum Gasteiger partial charge on any atom is 0.335 e. The lowest BCUT2D eigenvalue weighted by Gasteiger charge is -2.26. The number of barbiturate groups is 1. The van der Waals surface area contributed by atoms with Gasteiger partial charge in [-0.3, -0.25) is 14.9 Å². The molecule has 29 heavy (non-hydrogen) atoms. The maximum atomic E-state index is 13.2. The van der Waals surface area contributed by atoms with Crippen molar-refractivity contribution in [1.29, 1.82) is 0 Å². The molecule has 0 aliphatic carbocycles. The number of hydrogen-bond donors (Lipinski definition) is 1. The molecule has 0 bridgehead atoms. The lowest BCUT2D eigenvalue weighted by molar-refractivity contribution is -0.122. The number of anilines is 1. The van der Waals surface area contributed by atoms with Crippen LogP contribution in [0.1, 0.15) is 25.8 Å². The van der Waals surface area contributed by atoms with Crippen LogP contribution in [-0.4, -0.2) is 23.9 Å². The van der Waals surface area contributed by atoms with Crippen LogP contribution in [0.25, 0.3) is 6.08 Å². The number of nitrogens with one attached hydrogen (secondary N) is 1. The van der Waals surface area contributed by atoms with Crippen LogP contribution in [0.5, 0.6) is 5.75 Å². The van der Waals surface area contributed by atoms with E-state index in [4.69, 9.17) is 4.74 Å². The van der Waals surface area contributed by atoms with Gasteiger partial charge in [0, 0.05) is 0 Å². The number of imide groups is 2. The first-order chi connectivity index (χ1) is 13.8. The van der Waals surface area contributed by atoms with Crippen molar-refractivity contribution in [2.75, 3.05) is 4.90 Å². The van der Waals surface area contributed by atoms with Gasteiger partial charge in [0.2, 0.25) is 0 Å². The summed E-state index contributed by atoms with van der Waals surface area (Å²) in [5, 5.41) is 2.13. The van der Waals surface area contributed by atoms with Gasteiger partial charge in [0.25, 0.3) is 11.8 Å². The molecule has 0 unspecified atom stereocenters. The average molecular weight is 461 g/mol. The van der Waals surface area contributed by atoms with Crippen LogP contribution in [0, 0.1) is 5.82 Å². The molecule has 4 amide bonds. The summed E-state index contributed by atoms with van der Waals surface area (Å²) in [4.78, 5) is 38.0. The molecule has 0 radical (unpaired) electrons. The molecule has 0 saturated carbocycles. The molecule has 8 heteroatoms. The zero-order valence-corrected chi connectivity index (χ0v) is 17.3. The van der Waals surface area contributed by atoms with E-state index in [0.717, 1.165) is 23.5 Å². The average Bonchev–Trinajstić information content (AvgIpc) is 2.68. The molecule has 2 aromatic rings. The number of nitrogens with zero attached hydrogens (tertiary/aromatic N) is 1. The fraction of sp³-hybridized carbons (Fsp3) is 0.190. The highest BCUT2D eigenvalue weighted by molar-refractivity contribution is 9.10. The fourth-order valence-corrected chi connectivity index (χ4v) is 3.14. The Balaban J connectivity index is 1.92. The molecule has 2 aromatic carbocycles. The van der Waals surface area contributed by atoms with E-state index < -0.39 is 23.7 Å². The van der Waals surface area contributed by atoms with Crippen molar-refractivity contribution in [3.63, 3.8) is 0 Å². The van der Waals surface area contributed by atoms with Gasteiger partial charge >= 0.3 is 6.03 Å². The zero-order valence-electron chi connectivity index (χ0n) is 15.7. The van der Waals surface area contributed by atoms with E-state index in [1.807, 2.05) is 13.8 Å². The highest BCUT2D eigenvalue weighted by Crippen LogP contribution is 2.29. The van der Waals surface area contributed by atoms with E-state index in [2.05, 4.69) is 21.2 Å². The molecule has 1 fully saturated rings. The third-order valence-electron chi connectivity index (χ3n) is 4.36. The van der Waals surface area contributed by atoms with E-state index in [-0.39, 0.29) is 17.4 Å². The highest BCUT2D eigenvalue weighted by atomic mass is 79.9. The first-order valence-corrected chi connectivity index (χ1v) is 9.72. The SMILES string of the molecule is CC[C@@H](C)Oc1ccc(/C=C2\C(=O)NC(=O)N(c3ccc(F)cc3)C2=O)cc1Br. The van der Waals surface area contributed by atoms with Crippen LogP contribution in [-0.2, 0) is 9.59 Å². The van der Waals surface area contributed by atoms with E-state index in [1.54, 1.807) is 18.2 Å². The van der Waals surface area contributed by atoms with Crippen molar-refractivity contribution in [2.24, 2.45) is 0 Å². The van der Waals surface area contributed by atoms with E-state index in [0.29, 0.717) is 15.8 Å². The van der Waals surface area contributed by atoms with Crippen LogP contribution in [0.2, 0.25) is 0 Å². The molecule has 1 N–H and O–H groups in total. The molecule has 6 nitrogen and oxygen atoms in total. The van der Waals surface area contributed by atoms with Gasteiger partial charge in [-0.15, -0.1) is 0 Å². The van der Waals surface area contributed by atoms with Gasteiger partial charge in [-0.2, -0.15) is 0 Å². The monoisotopic (exact) mass is 460 g/mol. The van der Waals surface area contributed by atoms with Gasteiger partial charge in [-0.25, -0.2) is 14.1 Å². The second-order valence-corrected chi connectivity index (χ2v) is 7.32. The number of carbonyl (C=O) groups excluding carboxylic acids is 3. The predicted octanol–water partition coefficient (Wildman–Crippen LogP) is 4.43. The second kappa shape index (κ2) is 8.57. The molecular formula is C21H18BrFN2O4. The van der Waals surface area contributed by atoms with Gasteiger partial charge in [-0.1, -0.05) is 13.0 Å². The van der Waals surface area contributed by atoms with Gasteiger partial charge in [0.05, 0.1) is 16.3 Å². The second-order valence-electron chi connectivity index (χ2n) is 6.46. The van der Waals surface area contributed by atoms with Crippen LogP contribution < -0.4 is 15.0 Å². The van der Waals surface area contributed by atoms with E-state index in [1.165, 1.54) is 18.2 Å². The number of ether oxygens (including phenoxy) is 1. The Bertz CT molecular complexity index is 1000. The van der Waals surface area contributed by atoms with Gasteiger partial charge in [-0.05, 0) is 77.3 Å². The smallest absolute Gasteiger partial charge is 0.335 e. The maximum absolute atomic E-state index is 13.2. The molecule has 1 aliphatic rings. The third-order valence-corrected chi connectivity index (χ3v) is 4.98. The summed E-state index contributed by atoms with van der Waals surface area (Å²) in [6, 6.07) is 9.10. The molecule has 1 heterocycles. The summed E-state index contributed by atoms with van der Waals surface area (Å²) in [6.45, 7) is 3.97. The highest BCUT2D eigenvalue weighted by Gasteiger charge is 2.36. The van der Waals surface area contributed by atoms with Crippen LogP contribution >= 0.6 is 15.9 Å². The molecule has 0 aromatic heterocycles. The summed E-state index contributed by atoms with van der Waals surface area (Å²) in [5.74, 6) is -1.45. The lowest BCUT2D eigenvalue weighted by atomic mass is 10.1. The molecular weight excluding hydrogens is 443 g/mol. The Kier molecular flexibility index (Phi) is 6.12. The Morgan fingerprint density at radius 1 is 1.17 bits per heavy atom. The van der Waals surface area contributed by atoms with Crippen LogP contribution in [0.3, 0.4) is 0 Å². The molecule has 1 atom stereocenters.